The van der Waals surface area contributed by atoms with E-state index in [1.807, 2.05) is 39.0 Å². The van der Waals surface area contributed by atoms with Gasteiger partial charge in [0, 0.05) is 27.6 Å². The van der Waals surface area contributed by atoms with Crippen LogP contribution in [0.15, 0.2) is 31.8 Å². The number of hydrogen-bond acceptors (Lipinski definition) is 5. The summed E-state index contributed by atoms with van der Waals surface area (Å²) in [7, 11) is 0. The normalized spacial score (nSPS) is 24.9. The van der Waals surface area contributed by atoms with Gasteiger partial charge in [-0.1, -0.05) is 0 Å². The molecule has 9 heteroatoms. The van der Waals surface area contributed by atoms with Gasteiger partial charge in [0.1, 0.15) is 5.60 Å². The molecule has 0 bridgehead atoms. The number of aliphatic carboxylic acids is 1. The number of alkyl carbamates (subject to hydrolysis) is 1. The third-order valence-corrected chi connectivity index (χ3v) is 8.03. The molecular formula is C20H23Br2NO4S2. The largest absolute Gasteiger partial charge is 0.481 e. The molecule has 1 amide bonds. The highest BCUT2D eigenvalue weighted by molar-refractivity contribution is 9.11. The molecule has 2 N–H and O–H groups in total. The van der Waals surface area contributed by atoms with Gasteiger partial charge in [-0.05, 0) is 89.7 Å². The molecule has 158 valence electrons. The minimum absolute atomic E-state index is 0.129. The Hall–Kier alpha value is -0.900. The van der Waals surface area contributed by atoms with Crippen LogP contribution in [-0.4, -0.2) is 28.8 Å². The molecule has 0 aromatic carbocycles. The number of carbonyl (C=O) groups excluding carboxylic acids is 1. The number of carbonyl (C=O) groups is 2. The van der Waals surface area contributed by atoms with E-state index in [1.165, 1.54) is 9.75 Å². The summed E-state index contributed by atoms with van der Waals surface area (Å²) in [6, 6.07) is 8.36. The van der Waals surface area contributed by atoms with E-state index in [9.17, 15) is 9.59 Å². The summed E-state index contributed by atoms with van der Waals surface area (Å²) in [4.78, 5) is 24.6. The molecule has 2 unspecified atom stereocenters. The van der Waals surface area contributed by atoms with Gasteiger partial charge in [0.2, 0.25) is 0 Å². The molecule has 0 spiro atoms. The number of carboxylic acids is 1. The van der Waals surface area contributed by atoms with Crippen molar-refractivity contribution in [2.45, 2.75) is 57.1 Å². The van der Waals surface area contributed by atoms with Crippen molar-refractivity contribution in [3.05, 3.63) is 41.6 Å². The van der Waals surface area contributed by atoms with Crippen LogP contribution in [0.4, 0.5) is 4.79 Å². The number of ether oxygens (including phenoxy) is 1. The first-order valence-electron chi connectivity index (χ1n) is 9.26. The maximum atomic E-state index is 11.6. The molecular weight excluding hydrogens is 542 g/mol. The van der Waals surface area contributed by atoms with Crippen molar-refractivity contribution >= 4 is 66.6 Å². The van der Waals surface area contributed by atoms with Gasteiger partial charge < -0.3 is 15.2 Å². The summed E-state index contributed by atoms with van der Waals surface area (Å²) < 4.78 is 7.43. The van der Waals surface area contributed by atoms with Crippen molar-refractivity contribution in [1.29, 1.82) is 0 Å². The Morgan fingerprint density at radius 2 is 1.59 bits per heavy atom. The van der Waals surface area contributed by atoms with Gasteiger partial charge in [-0.15, -0.1) is 22.7 Å². The molecule has 2 aromatic rings. The number of thiophene rings is 2. The first-order chi connectivity index (χ1) is 13.5. The topological polar surface area (TPSA) is 75.6 Å². The molecule has 2 heterocycles. The number of halogens is 2. The Balaban J connectivity index is 0.000000176. The molecule has 2 saturated carbocycles. The lowest BCUT2D eigenvalue weighted by atomic mass is 10.2. The van der Waals surface area contributed by atoms with E-state index in [1.54, 1.807) is 22.7 Å². The fourth-order valence-electron chi connectivity index (χ4n) is 2.97. The summed E-state index contributed by atoms with van der Waals surface area (Å²) in [5.41, 5.74) is -0.430. The Morgan fingerprint density at radius 1 is 1.03 bits per heavy atom. The van der Waals surface area contributed by atoms with Crippen LogP contribution >= 0.6 is 54.5 Å². The Labute approximate surface area is 195 Å². The molecule has 29 heavy (non-hydrogen) atoms. The number of amides is 1. The van der Waals surface area contributed by atoms with Crippen LogP contribution in [0.5, 0.6) is 0 Å². The number of hydrogen-bond donors (Lipinski definition) is 2. The Bertz CT molecular complexity index is 889. The van der Waals surface area contributed by atoms with Gasteiger partial charge in [-0.3, -0.25) is 4.79 Å². The maximum absolute atomic E-state index is 11.6. The summed E-state index contributed by atoms with van der Waals surface area (Å²) in [6.07, 6.45) is 1.50. The summed E-state index contributed by atoms with van der Waals surface area (Å²) >= 11 is 10.2. The average molecular weight is 565 g/mol. The summed E-state index contributed by atoms with van der Waals surface area (Å²) in [5, 5.41) is 11.6. The van der Waals surface area contributed by atoms with Crippen molar-refractivity contribution in [2.75, 3.05) is 0 Å². The molecule has 0 aliphatic heterocycles. The second kappa shape index (κ2) is 9.08. The van der Waals surface area contributed by atoms with E-state index in [4.69, 9.17) is 9.84 Å². The highest BCUT2D eigenvalue weighted by Gasteiger charge is 2.45. The lowest BCUT2D eigenvalue weighted by Crippen LogP contribution is -2.34. The zero-order valence-corrected chi connectivity index (χ0v) is 21.1. The first-order valence-corrected chi connectivity index (χ1v) is 12.5. The predicted molar refractivity (Wildman–Crippen MR) is 123 cm³/mol. The van der Waals surface area contributed by atoms with Gasteiger partial charge in [0.05, 0.1) is 13.5 Å². The second-order valence-corrected chi connectivity index (χ2v) is 13.2. The SMILES string of the molecule is CC(C)(C)OC(=O)NC1CC1c1ccc(Br)s1.O=C(O)[C@@H]1C[C@H]1c1ccc(Br)s1. The lowest BCUT2D eigenvalue weighted by molar-refractivity contribution is -0.138. The highest BCUT2D eigenvalue weighted by atomic mass is 79.9. The smallest absolute Gasteiger partial charge is 0.407 e. The fraction of sp³-hybridized carbons (Fsp3) is 0.500. The Kier molecular flexibility index (Phi) is 7.13. The molecule has 2 aliphatic carbocycles. The van der Waals surface area contributed by atoms with Crippen LogP contribution in [0.2, 0.25) is 0 Å². The number of carboxylic acid groups (broad SMARTS) is 1. The second-order valence-electron chi connectivity index (χ2n) is 8.17. The van der Waals surface area contributed by atoms with Crippen LogP contribution < -0.4 is 5.32 Å². The van der Waals surface area contributed by atoms with Crippen LogP contribution in [0.25, 0.3) is 0 Å². The minimum Gasteiger partial charge on any atom is -0.481 e. The first kappa shape index (κ1) is 22.8. The van der Waals surface area contributed by atoms with E-state index < -0.39 is 11.6 Å². The molecule has 2 aliphatic rings. The third kappa shape index (κ3) is 6.80. The van der Waals surface area contributed by atoms with Gasteiger partial charge in [-0.2, -0.15) is 0 Å². The van der Waals surface area contributed by atoms with Crippen molar-refractivity contribution in [3.63, 3.8) is 0 Å². The molecule has 0 radical (unpaired) electrons. The van der Waals surface area contributed by atoms with Crippen molar-refractivity contribution in [1.82, 2.24) is 5.32 Å². The van der Waals surface area contributed by atoms with Gasteiger partial charge >= 0.3 is 12.1 Å². The van der Waals surface area contributed by atoms with Gasteiger partial charge in [0.15, 0.2) is 0 Å². The molecule has 0 saturated heterocycles. The average Bonchev–Trinajstić information content (AvgIpc) is 3.46. The van der Waals surface area contributed by atoms with E-state index in [0.29, 0.717) is 5.92 Å². The van der Waals surface area contributed by atoms with Crippen molar-refractivity contribution < 1.29 is 19.4 Å². The third-order valence-electron chi connectivity index (χ3n) is 4.52. The fourth-order valence-corrected chi connectivity index (χ4v) is 6.17. The maximum Gasteiger partial charge on any atom is 0.407 e. The van der Waals surface area contributed by atoms with E-state index in [0.717, 1.165) is 20.4 Å². The number of rotatable bonds is 4. The zero-order valence-electron chi connectivity index (χ0n) is 16.3. The van der Waals surface area contributed by atoms with Crippen LogP contribution in [0.3, 0.4) is 0 Å². The van der Waals surface area contributed by atoms with E-state index >= 15 is 0 Å². The predicted octanol–water partition coefficient (Wildman–Crippen LogP) is 6.59. The van der Waals surface area contributed by atoms with E-state index in [-0.39, 0.29) is 24.0 Å². The molecule has 2 aromatic heterocycles. The van der Waals surface area contributed by atoms with Crippen LogP contribution in [0, 0.1) is 5.92 Å². The van der Waals surface area contributed by atoms with Crippen LogP contribution in [0.1, 0.15) is 55.2 Å². The zero-order chi connectivity index (χ0) is 21.3. The minimum atomic E-state index is -0.662. The quantitative estimate of drug-likeness (QED) is 0.439. The van der Waals surface area contributed by atoms with Gasteiger partial charge in [0.25, 0.3) is 0 Å². The Morgan fingerprint density at radius 3 is 2.00 bits per heavy atom. The van der Waals surface area contributed by atoms with Crippen LogP contribution in [-0.2, 0) is 9.53 Å². The standard InChI is InChI=1S/C12H16BrNO2S.C8H7BrO2S/c1-12(2,3)16-11(15)14-8-6-7(8)9-4-5-10(13)17-9;9-7-2-1-6(12-7)4-3-5(4)8(10)11/h4-5,7-8H,6H2,1-3H3,(H,14,15);1-2,4-5H,3H2,(H,10,11)/t;4-,5-/m.1/s1. The molecule has 4 atom stereocenters. The highest BCUT2D eigenvalue weighted by Crippen LogP contribution is 2.50. The summed E-state index contributed by atoms with van der Waals surface area (Å²) in [6.45, 7) is 5.61. The monoisotopic (exact) mass is 563 g/mol. The molecule has 5 nitrogen and oxygen atoms in total. The number of nitrogens with one attached hydrogen (secondary N) is 1. The van der Waals surface area contributed by atoms with Gasteiger partial charge in [-0.25, -0.2) is 4.79 Å². The van der Waals surface area contributed by atoms with E-state index in [2.05, 4.69) is 43.2 Å². The van der Waals surface area contributed by atoms with Crippen molar-refractivity contribution in [2.24, 2.45) is 5.92 Å². The molecule has 2 fully saturated rings. The molecule has 4 rings (SSSR count). The summed E-state index contributed by atoms with van der Waals surface area (Å²) in [5.74, 6) is -0.0577. The lowest BCUT2D eigenvalue weighted by Gasteiger charge is -2.19. The van der Waals surface area contributed by atoms with Crippen molar-refractivity contribution in [3.8, 4) is 0 Å².